The van der Waals surface area contributed by atoms with E-state index in [4.69, 9.17) is 10.3 Å². The van der Waals surface area contributed by atoms with Gasteiger partial charge in [0.2, 0.25) is 5.89 Å². The zero-order chi connectivity index (χ0) is 18.1. The maximum atomic E-state index is 13.1. The number of carbonyl (C=O) groups is 1. The average molecular weight is 395 g/mol. The second kappa shape index (κ2) is 7.94. The summed E-state index contributed by atoms with van der Waals surface area (Å²) in [4.78, 5) is 19.0. The molecule has 1 amide bonds. The first-order valence-corrected chi connectivity index (χ1v) is 9.23. The number of carbonyl (C=O) groups excluding carboxylic acids is 1. The maximum Gasteiger partial charge on any atom is 0.253 e. The normalized spacial score (nSPS) is 21.7. The van der Waals surface area contributed by atoms with Gasteiger partial charge in [-0.05, 0) is 49.9 Å². The summed E-state index contributed by atoms with van der Waals surface area (Å²) in [6.07, 6.45) is 5.70. The van der Waals surface area contributed by atoms with E-state index in [1.165, 1.54) is 24.3 Å². The number of amides is 1. The first-order chi connectivity index (χ1) is 12.5. The number of halogens is 2. The third-order valence-electron chi connectivity index (χ3n) is 5.53. The first kappa shape index (κ1) is 19.8. The summed E-state index contributed by atoms with van der Waals surface area (Å²) in [6, 6.07) is 5.65. The quantitative estimate of drug-likeness (QED) is 0.862. The van der Waals surface area contributed by atoms with Gasteiger partial charge in [-0.15, -0.1) is 12.4 Å². The van der Waals surface area contributed by atoms with Gasteiger partial charge in [0.15, 0.2) is 5.82 Å². The number of likely N-dealkylation sites (tertiary alicyclic amines) is 1. The molecule has 2 aliphatic rings. The molecule has 2 heterocycles. The van der Waals surface area contributed by atoms with Gasteiger partial charge in [-0.25, -0.2) is 4.39 Å². The van der Waals surface area contributed by atoms with E-state index < -0.39 is 5.54 Å². The zero-order valence-electron chi connectivity index (χ0n) is 15.1. The standard InChI is InChI=1S/C19H23FN4O2.ClH/c20-15-7-5-13(6-8-15)17(25)24-11-3-4-14(12-24)16-22-18(23-26-16)19(21)9-1-2-10-19;/h5-8,14H,1-4,9-12,21H2;1H. The van der Waals surface area contributed by atoms with Crippen molar-refractivity contribution in [1.29, 1.82) is 0 Å². The molecule has 1 saturated carbocycles. The number of nitrogens with zero attached hydrogens (tertiary/aromatic N) is 3. The Morgan fingerprint density at radius 3 is 2.63 bits per heavy atom. The van der Waals surface area contributed by atoms with Gasteiger partial charge in [0, 0.05) is 18.7 Å². The molecule has 2 N–H and O–H groups in total. The molecule has 146 valence electrons. The summed E-state index contributed by atoms with van der Waals surface area (Å²) in [5, 5.41) is 4.13. The molecule has 1 atom stereocenters. The Balaban J connectivity index is 0.00000210. The van der Waals surface area contributed by atoms with Gasteiger partial charge in [-0.2, -0.15) is 4.98 Å². The molecule has 6 nitrogen and oxygen atoms in total. The Morgan fingerprint density at radius 1 is 1.22 bits per heavy atom. The Labute approximate surface area is 163 Å². The summed E-state index contributed by atoms with van der Waals surface area (Å²) >= 11 is 0. The molecular weight excluding hydrogens is 371 g/mol. The monoisotopic (exact) mass is 394 g/mol. The van der Waals surface area contributed by atoms with Crippen molar-refractivity contribution in [2.75, 3.05) is 13.1 Å². The highest BCUT2D eigenvalue weighted by Crippen LogP contribution is 2.36. The third-order valence-corrected chi connectivity index (χ3v) is 5.53. The van der Waals surface area contributed by atoms with E-state index in [1.54, 1.807) is 4.90 Å². The number of piperidine rings is 1. The molecule has 2 aromatic rings. The summed E-state index contributed by atoms with van der Waals surface area (Å²) < 4.78 is 18.6. The van der Waals surface area contributed by atoms with Crippen LogP contribution in [0.15, 0.2) is 28.8 Å². The lowest BCUT2D eigenvalue weighted by Crippen LogP contribution is -2.39. The van der Waals surface area contributed by atoms with Crippen molar-refractivity contribution in [3.63, 3.8) is 0 Å². The predicted molar refractivity (Wildman–Crippen MR) is 100 cm³/mol. The van der Waals surface area contributed by atoms with Gasteiger partial charge >= 0.3 is 0 Å². The SMILES string of the molecule is Cl.NC1(c2noc(C3CCCN(C(=O)c4ccc(F)cc4)C3)n2)CCCC1. The van der Waals surface area contributed by atoms with Gasteiger partial charge < -0.3 is 15.2 Å². The van der Waals surface area contributed by atoms with Crippen LogP contribution in [0, 0.1) is 5.82 Å². The number of nitrogens with two attached hydrogens (primary N) is 1. The first-order valence-electron chi connectivity index (χ1n) is 9.23. The molecule has 1 aliphatic carbocycles. The van der Waals surface area contributed by atoms with E-state index in [0.29, 0.717) is 30.4 Å². The van der Waals surface area contributed by atoms with Gasteiger partial charge in [-0.3, -0.25) is 4.79 Å². The molecule has 8 heteroatoms. The van der Waals surface area contributed by atoms with Crippen molar-refractivity contribution in [2.45, 2.75) is 50.0 Å². The highest BCUT2D eigenvalue weighted by Gasteiger charge is 2.37. The fraction of sp³-hybridized carbons (Fsp3) is 0.526. The van der Waals surface area contributed by atoms with Crippen molar-refractivity contribution in [3.8, 4) is 0 Å². The maximum absolute atomic E-state index is 13.1. The minimum absolute atomic E-state index is 0. The number of rotatable bonds is 3. The summed E-state index contributed by atoms with van der Waals surface area (Å²) in [6.45, 7) is 1.20. The average Bonchev–Trinajstić information content (AvgIpc) is 3.32. The van der Waals surface area contributed by atoms with Gasteiger partial charge in [0.25, 0.3) is 5.91 Å². The Hall–Kier alpha value is -1.99. The smallest absolute Gasteiger partial charge is 0.253 e. The number of aromatic nitrogens is 2. The van der Waals surface area contributed by atoms with E-state index in [0.717, 1.165) is 38.5 Å². The Morgan fingerprint density at radius 2 is 1.93 bits per heavy atom. The zero-order valence-corrected chi connectivity index (χ0v) is 15.9. The van der Waals surface area contributed by atoms with Crippen LogP contribution in [0.3, 0.4) is 0 Å². The minimum Gasteiger partial charge on any atom is -0.339 e. The Bertz CT molecular complexity index is 789. The molecular formula is C19H24ClFN4O2. The van der Waals surface area contributed by atoms with Crippen LogP contribution in [0.1, 0.15) is 66.5 Å². The van der Waals surface area contributed by atoms with Crippen molar-refractivity contribution >= 4 is 18.3 Å². The topological polar surface area (TPSA) is 85.2 Å². The molecule has 1 aromatic heterocycles. The van der Waals surface area contributed by atoms with Crippen molar-refractivity contribution < 1.29 is 13.7 Å². The fourth-order valence-corrected chi connectivity index (χ4v) is 3.97. The Kier molecular flexibility index (Phi) is 5.81. The second-order valence-electron chi connectivity index (χ2n) is 7.42. The lowest BCUT2D eigenvalue weighted by molar-refractivity contribution is 0.0695. The largest absolute Gasteiger partial charge is 0.339 e. The molecule has 27 heavy (non-hydrogen) atoms. The van der Waals surface area contributed by atoms with Crippen LogP contribution >= 0.6 is 12.4 Å². The van der Waals surface area contributed by atoms with Gasteiger partial charge in [0.05, 0.1) is 11.5 Å². The molecule has 1 aliphatic heterocycles. The van der Waals surface area contributed by atoms with E-state index >= 15 is 0 Å². The van der Waals surface area contributed by atoms with Gasteiger partial charge in [-0.1, -0.05) is 18.0 Å². The minimum atomic E-state index is -0.472. The lowest BCUT2D eigenvalue weighted by atomic mass is 9.96. The number of benzene rings is 1. The molecule has 1 saturated heterocycles. The van der Waals surface area contributed by atoms with Crippen molar-refractivity contribution in [3.05, 3.63) is 47.4 Å². The summed E-state index contributed by atoms with van der Waals surface area (Å²) in [5.74, 6) is 0.722. The second-order valence-corrected chi connectivity index (χ2v) is 7.42. The highest BCUT2D eigenvalue weighted by molar-refractivity contribution is 5.94. The molecule has 0 spiro atoms. The van der Waals surface area contributed by atoms with Gasteiger partial charge in [0.1, 0.15) is 5.82 Å². The van der Waals surface area contributed by atoms with Crippen LogP contribution < -0.4 is 5.73 Å². The van der Waals surface area contributed by atoms with Crippen LogP contribution in [-0.4, -0.2) is 34.0 Å². The fourth-order valence-electron chi connectivity index (χ4n) is 3.97. The van der Waals surface area contributed by atoms with E-state index in [-0.39, 0.29) is 30.0 Å². The molecule has 1 aromatic carbocycles. The number of hydrogen-bond acceptors (Lipinski definition) is 5. The van der Waals surface area contributed by atoms with Crippen LogP contribution in [0.2, 0.25) is 0 Å². The van der Waals surface area contributed by atoms with E-state index in [9.17, 15) is 9.18 Å². The van der Waals surface area contributed by atoms with Crippen LogP contribution in [-0.2, 0) is 5.54 Å². The molecule has 2 fully saturated rings. The molecule has 0 radical (unpaired) electrons. The summed E-state index contributed by atoms with van der Waals surface area (Å²) in [5.41, 5.74) is 6.43. The number of hydrogen-bond donors (Lipinski definition) is 1. The summed E-state index contributed by atoms with van der Waals surface area (Å²) in [7, 11) is 0. The van der Waals surface area contributed by atoms with E-state index in [1.807, 2.05) is 0 Å². The van der Waals surface area contributed by atoms with Crippen molar-refractivity contribution in [1.82, 2.24) is 15.0 Å². The third kappa shape index (κ3) is 3.99. The van der Waals surface area contributed by atoms with Crippen LogP contribution in [0.25, 0.3) is 0 Å². The van der Waals surface area contributed by atoms with Crippen LogP contribution in [0.5, 0.6) is 0 Å². The molecule has 0 bridgehead atoms. The van der Waals surface area contributed by atoms with Crippen LogP contribution in [0.4, 0.5) is 4.39 Å². The van der Waals surface area contributed by atoms with E-state index in [2.05, 4.69) is 10.1 Å². The molecule has 4 rings (SSSR count). The predicted octanol–water partition coefficient (Wildman–Crippen LogP) is 3.38. The molecule has 1 unspecified atom stereocenters. The van der Waals surface area contributed by atoms with Crippen molar-refractivity contribution in [2.24, 2.45) is 5.73 Å². The lowest BCUT2D eigenvalue weighted by Gasteiger charge is -2.31. The highest BCUT2D eigenvalue weighted by atomic mass is 35.5.